The number of piperidine rings is 1. The van der Waals surface area contributed by atoms with Gasteiger partial charge in [0.15, 0.2) is 0 Å². The lowest BCUT2D eigenvalue weighted by molar-refractivity contribution is -0.135. The molecule has 1 aliphatic carbocycles. The fourth-order valence-electron chi connectivity index (χ4n) is 4.32. The van der Waals surface area contributed by atoms with Crippen molar-refractivity contribution in [3.63, 3.8) is 0 Å². The number of hydrogen-bond donors (Lipinski definition) is 3. The van der Waals surface area contributed by atoms with Gasteiger partial charge in [0.1, 0.15) is 17.3 Å². The van der Waals surface area contributed by atoms with E-state index < -0.39 is 0 Å². The Morgan fingerprint density at radius 2 is 1.25 bits per heavy atom. The van der Waals surface area contributed by atoms with Crippen LogP contribution in [0, 0.1) is 11.8 Å². The Kier molecular flexibility index (Phi) is 3.77. The molecule has 0 unspecified atom stereocenters. The second kappa shape index (κ2) is 5.95. The third-order valence-electron chi connectivity index (χ3n) is 5.47. The lowest BCUT2D eigenvalue weighted by atomic mass is 9.67. The summed E-state index contributed by atoms with van der Waals surface area (Å²) in [4.78, 5) is 13.0. The van der Waals surface area contributed by atoms with E-state index in [1.54, 1.807) is 24.3 Å². The third kappa shape index (κ3) is 2.38. The number of phenolic OH excluding ortho intramolecular Hbond substituents is 2. The Morgan fingerprint density at radius 1 is 0.792 bits per heavy atom. The van der Waals surface area contributed by atoms with Gasteiger partial charge in [0, 0.05) is 35.0 Å². The molecule has 2 bridgehead atoms. The van der Waals surface area contributed by atoms with Crippen molar-refractivity contribution in [1.82, 2.24) is 5.32 Å². The number of Topliss-reactive ketones (excluding diaryl/α,β-unsaturated/α-hetero) is 1. The molecular weight excluding hydrogens is 302 g/mol. The van der Waals surface area contributed by atoms with Crippen molar-refractivity contribution in [2.24, 2.45) is 11.8 Å². The monoisotopic (exact) mass is 323 g/mol. The average Bonchev–Trinajstić information content (AvgIpc) is 2.57. The molecule has 0 amide bonds. The topological polar surface area (TPSA) is 69.6 Å². The zero-order chi connectivity index (χ0) is 16.7. The molecule has 2 aliphatic rings. The highest BCUT2D eigenvalue weighted by Crippen LogP contribution is 2.48. The molecule has 1 saturated heterocycles. The second-order valence-electron chi connectivity index (χ2n) is 6.79. The Balaban J connectivity index is 1.78. The number of aromatic hydroxyl groups is 2. The van der Waals surface area contributed by atoms with Crippen LogP contribution in [0.5, 0.6) is 11.5 Å². The van der Waals surface area contributed by atoms with E-state index in [1.165, 1.54) is 0 Å². The zero-order valence-corrected chi connectivity index (χ0v) is 13.4. The molecular formula is C20H21NO3. The Hall–Kier alpha value is -2.33. The van der Waals surface area contributed by atoms with Gasteiger partial charge in [0.05, 0.1) is 0 Å². The van der Waals surface area contributed by atoms with Crippen LogP contribution in [0.2, 0.25) is 0 Å². The lowest BCUT2D eigenvalue weighted by Crippen LogP contribution is -2.50. The van der Waals surface area contributed by atoms with Crippen LogP contribution in [-0.4, -0.2) is 16.0 Å². The largest absolute Gasteiger partial charge is 0.508 e. The number of nitrogens with one attached hydrogen (secondary N) is 1. The predicted molar refractivity (Wildman–Crippen MR) is 90.7 cm³/mol. The molecule has 2 aromatic rings. The maximum absolute atomic E-state index is 13.0. The van der Waals surface area contributed by atoms with Crippen LogP contribution in [0.3, 0.4) is 0 Å². The lowest BCUT2D eigenvalue weighted by Gasteiger charge is -2.45. The molecule has 4 rings (SSSR count). The van der Waals surface area contributed by atoms with Crippen LogP contribution < -0.4 is 5.32 Å². The van der Waals surface area contributed by atoms with Crippen LogP contribution in [-0.2, 0) is 4.79 Å². The first-order chi connectivity index (χ1) is 11.7. The molecule has 124 valence electrons. The van der Waals surface area contributed by atoms with Crippen molar-refractivity contribution in [3.8, 4) is 11.5 Å². The van der Waals surface area contributed by atoms with E-state index in [2.05, 4.69) is 5.32 Å². The molecule has 24 heavy (non-hydrogen) atoms. The van der Waals surface area contributed by atoms with Crippen LogP contribution in [0.15, 0.2) is 48.5 Å². The molecule has 4 heteroatoms. The summed E-state index contributed by atoms with van der Waals surface area (Å²) in [6, 6.07) is 13.9. The van der Waals surface area contributed by atoms with Gasteiger partial charge < -0.3 is 15.5 Å². The number of phenols is 2. The number of ketones is 1. The number of carbonyl (C=O) groups excluding carboxylic acids is 1. The van der Waals surface area contributed by atoms with Gasteiger partial charge in [-0.05, 0) is 25.0 Å². The van der Waals surface area contributed by atoms with E-state index in [-0.39, 0.29) is 41.2 Å². The number of benzene rings is 2. The van der Waals surface area contributed by atoms with E-state index >= 15 is 0 Å². The fraction of sp³-hybridized carbons (Fsp3) is 0.350. The van der Waals surface area contributed by atoms with Gasteiger partial charge in [-0.15, -0.1) is 0 Å². The Morgan fingerprint density at radius 3 is 1.71 bits per heavy atom. The summed E-state index contributed by atoms with van der Waals surface area (Å²) < 4.78 is 0. The molecule has 1 heterocycles. The smallest absolute Gasteiger partial charge is 0.142 e. The van der Waals surface area contributed by atoms with Gasteiger partial charge in [-0.3, -0.25) is 4.79 Å². The first-order valence-corrected chi connectivity index (χ1v) is 8.52. The molecule has 3 N–H and O–H groups in total. The number of hydrogen-bond acceptors (Lipinski definition) is 4. The quantitative estimate of drug-likeness (QED) is 0.791. The number of para-hydroxylation sites is 2. The van der Waals surface area contributed by atoms with Crippen LogP contribution in [0.25, 0.3) is 0 Å². The van der Waals surface area contributed by atoms with Gasteiger partial charge in [-0.1, -0.05) is 42.8 Å². The Bertz CT molecular complexity index is 711. The summed E-state index contributed by atoms with van der Waals surface area (Å²) in [6.45, 7) is 0. The van der Waals surface area contributed by atoms with Gasteiger partial charge in [-0.2, -0.15) is 0 Å². The fourth-order valence-corrected chi connectivity index (χ4v) is 4.32. The van der Waals surface area contributed by atoms with Crippen molar-refractivity contribution in [1.29, 1.82) is 0 Å². The molecule has 4 atom stereocenters. The molecule has 1 aliphatic heterocycles. The zero-order valence-electron chi connectivity index (χ0n) is 13.4. The molecule has 2 fully saturated rings. The standard InChI is InChI=1S/C20H21NO3/c22-16-10-3-1-6-12(16)18-14-8-5-9-15(20(14)24)19(21-18)13-7-2-4-11-17(13)23/h1-4,6-7,10-11,14-15,18-19,21-23H,5,8-9H2/t14-,15-,18+,19+/m0/s1. The summed E-state index contributed by atoms with van der Waals surface area (Å²) in [5.74, 6) is 0.450. The molecule has 0 aromatic heterocycles. The predicted octanol–water partition coefficient (Wildman–Crippen LogP) is 3.47. The van der Waals surface area contributed by atoms with Gasteiger partial charge in [0.2, 0.25) is 0 Å². The second-order valence-corrected chi connectivity index (χ2v) is 6.79. The van der Waals surface area contributed by atoms with E-state index in [9.17, 15) is 15.0 Å². The minimum absolute atomic E-state index is 0.112. The van der Waals surface area contributed by atoms with E-state index in [0.717, 1.165) is 30.4 Å². The number of fused-ring (bicyclic) bond motifs is 2. The molecule has 4 nitrogen and oxygen atoms in total. The number of rotatable bonds is 2. The van der Waals surface area contributed by atoms with Crippen molar-refractivity contribution in [3.05, 3.63) is 59.7 Å². The van der Waals surface area contributed by atoms with E-state index in [1.807, 2.05) is 24.3 Å². The van der Waals surface area contributed by atoms with Crippen LogP contribution in [0.4, 0.5) is 0 Å². The highest BCUT2D eigenvalue weighted by atomic mass is 16.3. The minimum atomic E-state index is -0.222. The molecule has 0 spiro atoms. The highest BCUT2D eigenvalue weighted by Gasteiger charge is 2.47. The number of carbonyl (C=O) groups is 1. The highest BCUT2D eigenvalue weighted by molar-refractivity contribution is 5.87. The summed E-state index contributed by atoms with van der Waals surface area (Å²) >= 11 is 0. The molecule has 0 radical (unpaired) electrons. The summed E-state index contributed by atoms with van der Waals surface area (Å²) in [5, 5.41) is 24.1. The maximum atomic E-state index is 13.0. The third-order valence-corrected chi connectivity index (χ3v) is 5.47. The molecule has 1 saturated carbocycles. The van der Waals surface area contributed by atoms with E-state index in [0.29, 0.717) is 0 Å². The van der Waals surface area contributed by atoms with Crippen LogP contribution in [0.1, 0.15) is 42.5 Å². The maximum Gasteiger partial charge on any atom is 0.142 e. The van der Waals surface area contributed by atoms with Crippen molar-refractivity contribution < 1.29 is 15.0 Å². The SMILES string of the molecule is O=C1[C@H]2CCC[C@H]1[C@@H](c1ccccc1O)N[C@@H]2c1ccccc1O. The normalized spacial score (nSPS) is 29.4. The van der Waals surface area contributed by atoms with Crippen molar-refractivity contribution in [2.75, 3.05) is 0 Å². The average molecular weight is 323 g/mol. The minimum Gasteiger partial charge on any atom is -0.508 e. The van der Waals surface area contributed by atoms with Crippen molar-refractivity contribution in [2.45, 2.75) is 31.3 Å². The molecule has 2 aromatic carbocycles. The summed E-state index contributed by atoms with van der Waals surface area (Å²) in [5.41, 5.74) is 1.52. The first kappa shape index (κ1) is 15.2. The van der Waals surface area contributed by atoms with Gasteiger partial charge >= 0.3 is 0 Å². The van der Waals surface area contributed by atoms with Crippen LogP contribution >= 0.6 is 0 Å². The Labute approximate surface area is 141 Å². The first-order valence-electron chi connectivity index (χ1n) is 8.52. The van der Waals surface area contributed by atoms with Crippen molar-refractivity contribution >= 4 is 5.78 Å². The summed E-state index contributed by atoms with van der Waals surface area (Å²) in [7, 11) is 0. The van der Waals surface area contributed by atoms with Gasteiger partial charge in [0.25, 0.3) is 0 Å². The van der Waals surface area contributed by atoms with E-state index in [4.69, 9.17) is 0 Å². The van der Waals surface area contributed by atoms with Gasteiger partial charge in [-0.25, -0.2) is 0 Å². The summed E-state index contributed by atoms with van der Waals surface area (Å²) in [6.07, 6.45) is 2.68.